The SMILES string of the molecule is NCC1(C(=O)Nc2c(F)c(F)cc(F)c2F)CCOCC1. The van der Waals surface area contributed by atoms with Gasteiger partial charge in [-0.25, -0.2) is 17.6 Å². The Kier molecular flexibility index (Phi) is 4.48. The van der Waals surface area contributed by atoms with Gasteiger partial charge in [0.15, 0.2) is 23.3 Å². The second-order valence-electron chi connectivity index (χ2n) is 4.89. The van der Waals surface area contributed by atoms with E-state index in [4.69, 9.17) is 10.5 Å². The maximum Gasteiger partial charge on any atom is 0.232 e. The maximum atomic E-state index is 13.5. The van der Waals surface area contributed by atoms with Gasteiger partial charge in [-0.05, 0) is 12.8 Å². The molecule has 0 unspecified atom stereocenters. The van der Waals surface area contributed by atoms with Crippen molar-refractivity contribution in [3.05, 3.63) is 29.3 Å². The molecule has 21 heavy (non-hydrogen) atoms. The number of benzene rings is 1. The summed E-state index contributed by atoms with van der Waals surface area (Å²) >= 11 is 0. The van der Waals surface area contributed by atoms with Crippen LogP contribution in [0.25, 0.3) is 0 Å². The van der Waals surface area contributed by atoms with Crippen LogP contribution in [-0.2, 0) is 9.53 Å². The van der Waals surface area contributed by atoms with Crippen LogP contribution in [0.4, 0.5) is 23.2 Å². The summed E-state index contributed by atoms with van der Waals surface area (Å²) in [4.78, 5) is 12.2. The lowest BCUT2D eigenvalue weighted by atomic mass is 9.79. The van der Waals surface area contributed by atoms with Crippen LogP contribution in [0.5, 0.6) is 0 Å². The van der Waals surface area contributed by atoms with Gasteiger partial charge in [-0.3, -0.25) is 4.79 Å². The fourth-order valence-electron chi connectivity index (χ4n) is 2.22. The summed E-state index contributed by atoms with van der Waals surface area (Å²) in [7, 11) is 0. The van der Waals surface area contributed by atoms with Gasteiger partial charge in [0.2, 0.25) is 5.91 Å². The van der Waals surface area contributed by atoms with Crippen molar-refractivity contribution in [2.45, 2.75) is 12.8 Å². The van der Waals surface area contributed by atoms with Crippen molar-refractivity contribution in [3.8, 4) is 0 Å². The number of nitrogens with one attached hydrogen (secondary N) is 1. The Balaban J connectivity index is 2.31. The molecule has 1 aliphatic heterocycles. The molecule has 0 atom stereocenters. The van der Waals surface area contributed by atoms with Crippen molar-refractivity contribution in [1.82, 2.24) is 0 Å². The first-order valence-corrected chi connectivity index (χ1v) is 6.33. The molecule has 0 aliphatic carbocycles. The third-order valence-corrected chi connectivity index (χ3v) is 3.67. The number of halogens is 4. The summed E-state index contributed by atoms with van der Waals surface area (Å²) in [6.07, 6.45) is 0.521. The second-order valence-corrected chi connectivity index (χ2v) is 4.89. The van der Waals surface area contributed by atoms with E-state index in [0.29, 0.717) is 0 Å². The number of hydrogen-bond acceptors (Lipinski definition) is 3. The smallest absolute Gasteiger partial charge is 0.232 e. The molecule has 2 rings (SSSR count). The van der Waals surface area contributed by atoms with Crippen molar-refractivity contribution < 1.29 is 27.1 Å². The Morgan fingerprint density at radius 1 is 1.19 bits per heavy atom. The first-order chi connectivity index (χ1) is 9.91. The van der Waals surface area contributed by atoms with Crippen molar-refractivity contribution >= 4 is 11.6 Å². The molecule has 1 aromatic carbocycles. The van der Waals surface area contributed by atoms with Gasteiger partial charge in [0, 0.05) is 25.8 Å². The van der Waals surface area contributed by atoms with Gasteiger partial charge >= 0.3 is 0 Å². The van der Waals surface area contributed by atoms with E-state index in [1.54, 1.807) is 0 Å². The Hall–Kier alpha value is -1.67. The lowest BCUT2D eigenvalue weighted by molar-refractivity contribution is -0.130. The number of carbonyl (C=O) groups is 1. The number of ether oxygens (including phenoxy) is 1. The van der Waals surface area contributed by atoms with Gasteiger partial charge in [-0.2, -0.15) is 0 Å². The molecule has 3 N–H and O–H groups in total. The highest BCUT2D eigenvalue weighted by atomic mass is 19.2. The Morgan fingerprint density at radius 2 is 1.71 bits per heavy atom. The maximum absolute atomic E-state index is 13.5. The van der Waals surface area contributed by atoms with E-state index >= 15 is 0 Å². The zero-order chi connectivity index (χ0) is 15.6. The monoisotopic (exact) mass is 306 g/mol. The minimum Gasteiger partial charge on any atom is -0.381 e. The molecule has 4 nitrogen and oxygen atoms in total. The van der Waals surface area contributed by atoms with Crippen LogP contribution < -0.4 is 11.1 Å². The van der Waals surface area contributed by atoms with Gasteiger partial charge < -0.3 is 15.8 Å². The average Bonchev–Trinajstić information content (AvgIpc) is 2.50. The first-order valence-electron chi connectivity index (χ1n) is 6.33. The minimum atomic E-state index is -1.65. The summed E-state index contributed by atoms with van der Waals surface area (Å²) in [5.41, 5.74) is 3.37. The standard InChI is InChI=1S/C13H14F4N2O2/c14-7-5-8(15)10(17)11(9(7)16)19-12(20)13(6-18)1-3-21-4-2-13/h5H,1-4,6,18H2,(H,19,20). The van der Waals surface area contributed by atoms with Crippen LogP contribution in [0.1, 0.15) is 12.8 Å². The predicted molar refractivity (Wildman–Crippen MR) is 66.4 cm³/mol. The molecule has 0 bridgehead atoms. The first kappa shape index (κ1) is 15.7. The number of nitrogens with two attached hydrogens (primary N) is 1. The number of anilines is 1. The Bertz CT molecular complexity index is 533. The molecule has 0 aromatic heterocycles. The number of amides is 1. The van der Waals surface area contributed by atoms with E-state index in [1.165, 1.54) is 0 Å². The zero-order valence-corrected chi connectivity index (χ0v) is 11.0. The number of rotatable bonds is 3. The largest absolute Gasteiger partial charge is 0.381 e. The molecule has 0 saturated carbocycles. The van der Waals surface area contributed by atoms with Gasteiger partial charge in [0.05, 0.1) is 5.41 Å². The number of carbonyl (C=O) groups excluding carboxylic acids is 1. The summed E-state index contributed by atoms with van der Waals surface area (Å²) in [5, 5.41) is 1.92. The molecule has 0 radical (unpaired) electrons. The molecule has 1 fully saturated rings. The van der Waals surface area contributed by atoms with Crippen LogP contribution in [0.3, 0.4) is 0 Å². The summed E-state index contributed by atoms with van der Waals surface area (Å²) in [6.45, 7) is 0.476. The van der Waals surface area contributed by atoms with Crippen molar-refractivity contribution in [2.75, 3.05) is 25.1 Å². The molecule has 1 aromatic rings. The lowest BCUT2D eigenvalue weighted by Crippen LogP contribution is -2.46. The lowest BCUT2D eigenvalue weighted by Gasteiger charge is -2.34. The average molecular weight is 306 g/mol. The van der Waals surface area contributed by atoms with Crippen LogP contribution in [0.15, 0.2) is 6.07 Å². The number of hydrogen-bond donors (Lipinski definition) is 2. The normalized spacial score (nSPS) is 17.6. The van der Waals surface area contributed by atoms with E-state index in [1.807, 2.05) is 5.32 Å². The summed E-state index contributed by atoms with van der Waals surface area (Å²) in [5.74, 6) is -7.25. The zero-order valence-electron chi connectivity index (χ0n) is 11.0. The highest BCUT2D eigenvalue weighted by Crippen LogP contribution is 2.32. The highest BCUT2D eigenvalue weighted by molar-refractivity contribution is 5.95. The van der Waals surface area contributed by atoms with E-state index in [9.17, 15) is 22.4 Å². The fourth-order valence-corrected chi connectivity index (χ4v) is 2.22. The Morgan fingerprint density at radius 3 is 2.19 bits per heavy atom. The fraction of sp³-hybridized carbons (Fsp3) is 0.462. The molecule has 1 saturated heterocycles. The molecular formula is C13H14F4N2O2. The molecular weight excluding hydrogens is 292 g/mol. The van der Waals surface area contributed by atoms with Gasteiger partial charge in [-0.1, -0.05) is 0 Å². The quantitative estimate of drug-likeness (QED) is 0.662. The molecule has 8 heteroatoms. The van der Waals surface area contributed by atoms with Gasteiger partial charge in [-0.15, -0.1) is 0 Å². The van der Waals surface area contributed by atoms with E-state index in [2.05, 4.69) is 0 Å². The molecule has 116 valence electrons. The molecule has 0 spiro atoms. The third kappa shape index (κ3) is 2.86. The van der Waals surface area contributed by atoms with E-state index in [0.717, 1.165) is 0 Å². The molecule has 1 amide bonds. The minimum absolute atomic E-state index is 0.0662. The van der Waals surface area contributed by atoms with Crippen molar-refractivity contribution in [2.24, 2.45) is 11.1 Å². The summed E-state index contributed by atoms with van der Waals surface area (Å²) < 4.78 is 58.4. The van der Waals surface area contributed by atoms with Crippen LogP contribution >= 0.6 is 0 Å². The van der Waals surface area contributed by atoms with Gasteiger partial charge in [0.1, 0.15) is 5.69 Å². The second kappa shape index (κ2) is 5.98. The van der Waals surface area contributed by atoms with Crippen molar-refractivity contribution in [3.63, 3.8) is 0 Å². The Labute approximate surface area is 118 Å². The van der Waals surface area contributed by atoms with E-state index < -0.39 is 40.3 Å². The highest BCUT2D eigenvalue weighted by Gasteiger charge is 2.39. The van der Waals surface area contributed by atoms with E-state index in [-0.39, 0.29) is 38.7 Å². The third-order valence-electron chi connectivity index (χ3n) is 3.67. The van der Waals surface area contributed by atoms with Crippen LogP contribution in [-0.4, -0.2) is 25.7 Å². The van der Waals surface area contributed by atoms with Crippen molar-refractivity contribution in [1.29, 1.82) is 0 Å². The molecule has 1 heterocycles. The summed E-state index contributed by atoms with van der Waals surface area (Å²) in [6, 6.07) is 0.0769. The van der Waals surface area contributed by atoms with Crippen LogP contribution in [0, 0.1) is 28.7 Å². The van der Waals surface area contributed by atoms with Crippen LogP contribution in [0.2, 0.25) is 0 Å². The predicted octanol–water partition coefficient (Wildman–Crippen LogP) is 1.94. The van der Waals surface area contributed by atoms with Gasteiger partial charge in [0.25, 0.3) is 0 Å². The topological polar surface area (TPSA) is 64.4 Å². The molecule has 1 aliphatic rings.